The molecule has 0 atom stereocenters. The topological polar surface area (TPSA) is 23.5 Å². The summed E-state index contributed by atoms with van der Waals surface area (Å²) in [6.45, 7) is 1.83. The highest BCUT2D eigenvalue weighted by atomic mass is 35.5. The zero-order valence-electron chi connectivity index (χ0n) is 10.3. The third-order valence-electron chi connectivity index (χ3n) is 3.57. The van der Waals surface area contributed by atoms with Crippen molar-refractivity contribution in [1.82, 2.24) is 4.90 Å². The maximum atomic E-state index is 9.79. The molecule has 0 saturated heterocycles. The van der Waals surface area contributed by atoms with Gasteiger partial charge in [-0.3, -0.25) is 0 Å². The third-order valence-corrected chi connectivity index (χ3v) is 3.92. The zero-order chi connectivity index (χ0) is 12.3. The average molecular weight is 254 g/mol. The maximum Gasteiger partial charge on any atom is 0.121 e. The van der Waals surface area contributed by atoms with Gasteiger partial charge in [0, 0.05) is 23.7 Å². The fourth-order valence-corrected chi connectivity index (χ4v) is 2.90. The molecule has 2 rings (SSSR count). The van der Waals surface area contributed by atoms with Gasteiger partial charge in [0.15, 0.2) is 0 Å². The first-order valence-electron chi connectivity index (χ1n) is 6.31. The average Bonchev–Trinajstić information content (AvgIpc) is 2.76. The van der Waals surface area contributed by atoms with Crippen LogP contribution in [0.1, 0.15) is 31.2 Å². The summed E-state index contributed by atoms with van der Waals surface area (Å²) in [7, 11) is 2.10. The van der Waals surface area contributed by atoms with E-state index in [-0.39, 0.29) is 0 Å². The van der Waals surface area contributed by atoms with Gasteiger partial charge >= 0.3 is 0 Å². The van der Waals surface area contributed by atoms with Crippen LogP contribution in [-0.4, -0.2) is 23.6 Å². The van der Waals surface area contributed by atoms with Crippen LogP contribution in [0.25, 0.3) is 0 Å². The van der Waals surface area contributed by atoms with E-state index in [0.717, 1.165) is 24.6 Å². The molecule has 1 fully saturated rings. The predicted molar refractivity (Wildman–Crippen MR) is 71.4 cm³/mol. The van der Waals surface area contributed by atoms with E-state index >= 15 is 0 Å². The minimum atomic E-state index is 0.302. The number of hydrogen-bond acceptors (Lipinski definition) is 2. The first-order valence-corrected chi connectivity index (χ1v) is 6.69. The van der Waals surface area contributed by atoms with Gasteiger partial charge in [0.05, 0.1) is 0 Å². The fourth-order valence-electron chi connectivity index (χ4n) is 2.67. The third kappa shape index (κ3) is 3.36. The first kappa shape index (κ1) is 12.7. The van der Waals surface area contributed by atoms with E-state index in [1.165, 1.54) is 25.7 Å². The number of benzene rings is 1. The molecular weight excluding hydrogens is 234 g/mol. The summed E-state index contributed by atoms with van der Waals surface area (Å²) in [6, 6.07) is 5.31. The molecule has 94 valence electrons. The van der Waals surface area contributed by atoms with E-state index in [1.54, 1.807) is 12.1 Å². The molecule has 0 bridgehead atoms. The lowest BCUT2D eigenvalue weighted by Crippen LogP contribution is -2.24. The largest absolute Gasteiger partial charge is 0.508 e. The van der Waals surface area contributed by atoms with Gasteiger partial charge in [0.2, 0.25) is 0 Å². The molecule has 0 amide bonds. The molecule has 0 aliphatic heterocycles. The Morgan fingerprint density at radius 3 is 2.71 bits per heavy atom. The predicted octanol–water partition coefficient (Wildman–Crippen LogP) is 3.67. The van der Waals surface area contributed by atoms with Gasteiger partial charge in [-0.1, -0.05) is 30.5 Å². The molecule has 0 heterocycles. The molecule has 0 radical (unpaired) electrons. The van der Waals surface area contributed by atoms with Crippen molar-refractivity contribution in [3.05, 3.63) is 28.8 Å². The Balaban J connectivity index is 1.95. The van der Waals surface area contributed by atoms with Crippen molar-refractivity contribution < 1.29 is 5.11 Å². The van der Waals surface area contributed by atoms with Crippen LogP contribution in [0.2, 0.25) is 5.02 Å². The summed E-state index contributed by atoms with van der Waals surface area (Å²) in [5.41, 5.74) is 0.842. The first-order chi connectivity index (χ1) is 8.16. The standard InChI is InChI=1S/C14H20ClNO/c1-16(9-11-5-2-3-6-11)10-12-13(15)7-4-8-14(12)17/h4,7-8,11,17H,2-3,5-6,9-10H2,1H3. The van der Waals surface area contributed by atoms with Crippen LogP contribution in [0.3, 0.4) is 0 Å². The molecule has 0 spiro atoms. The van der Waals surface area contributed by atoms with Crippen molar-refractivity contribution in [1.29, 1.82) is 0 Å². The highest BCUT2D eigenvalue weighted by molar-refractivity contribution is 6.31. The molecule has 3 heteroatoms. The molecule has 2 nitrogen and oxygen atoms in total. The van der Waals surface area contributed by atoms with Crippen LogP contribution in [0.5, 0.6) is 5.75 Å². The van der Waals surface area contributed by atoms with Crippen molar-refractivity contribution in [3.63, 3.8) is 0 Å². The van der Waals surface area contributed by atoms with Crippen LogP contribution in [-0.2, 0) is 6.54 Å². The number of hydrogen-bond donors (Lipinski definition) is 1. The number of aromatic hydroxyl groups is 1. The molecule has 1 aliphatic rings. The van der Waals surface area contributed by atoms with Gasteiger partial charge in [-0.05, 0) is 37.9 Å². The Labute approximate surface area is 108 Å². The van der Waals surface area contributed by atoms with Gasteiger partial charge in [-0.25, -0.2) is 0 Å². The second-order valence-corrected chi connectivity index (χ2v) is 5.49. The van der Waals surface area contributed by atoms with E-state index in [2.05, 4.69) is 11.9 Å². The van der Waals surface area contributed by atoms with E-state index in [4.69, 9.17) is 11.6 Å². The quantitative estimate of drug-likeness (QED) is 0.885. The second kappa shape index (κ2) is 5.74. The lowest BCUT2D eigenvalue weighted by Gasteiger charge is -2.21. The van der Waals surface area contributed by atoms with Crippen molar-refractivity contribution in [2.24, 2.45) is 5.92 Å². The van der Waals surface area contributed by atoms with Gasteiger partial charge in [0.25, 0.3) is 0 Å². The molecule has 0 aromatic heterocycles. The summed E-state index contributed by atoms with van der Waals surface area (Å²) in [5.74, 6) is 1.13. The minimum Gasteiger partial charge on any atom is -0.508 e. The van der Waals surface area contributed by atoms with Crippen LogP contribution in [0, 0.1) is 5.92 Å². The van der Waals surface area contributed by atoms with Gasteiger partial charge in [-0.2, -0.15) is 0 Å². The number of rotatable bonds is 4. The highest BCUT2D eigenvalue weighted by Crippen LogP contribution is 2.29. The van der Waals surface area contributed by atoms with Gasteiger partial charge in [-0.15, -0.1) is 0 Å². The Bertz CT molecular complexity index is 354. The zero-order valence-corrected chi connectivity index (χ0v) is 11.1. The number of phenolic OH excluding ortho intramolecular Hbond substituents is 1. The van der Waals surface area contributed by atoms with E-state index < -0.39 is 0 Å². The van der Waals surface area contributed by atoms with Gasteiger partial charge in [0.1, 0.15) is 5.75 Å². The molecule has 1 aromatic rings. The SMILES string of the molecule is CN(Cc1c(O)cccc1Cl)CC1CCCC1. The fraction of sp³-hybridized carbons (Fsp3) is 0.571. The Morgan fingerprint density at radius 2 is 2.06 bits per heavy atom. The Hall–Kier alpha value is -0.730. The van der Waals surface area contributed by atoms with E-state index in [0.29, 0.717) is 10.8 Å². The van der Waals surface area contributed by atoms with Crippen LogP contribution in [0.15, 0.2) is 18.2 Å². The molecular formula is C14H20ClNO. The number of halogens is 1. The molecule has 1 saturated carbocycles. The Morgan fingerprint density at radius 1 is 1.35 bits per heavy atom. The number of nitrogens with zero attached hydrogens (tertiary/aromatic N) is 1. The van der Waals surface area contributed by atoms with Crippen LogP contribution < -0.4 is 0 Å². The van der Waals surface area contributed by atoms with E-state index in [9.17, 15) is 5.11 Å². The summed E-state index contributed by atoms with van der Waals surface area (Å²) in [5, 5.41) is 10.4. The second-order valence-electron chi connectivity index (χ2n) is 5.08. The highest BCUT2D eigenvalue weighted by Gasteiger charge is 2.18. The summed E-state index contributed by atoms with van der Waals surface area (Å²) in [4.78, 5) is 2.26. The van der Waals surface area contributed by atoms with Crippen molar-refractivity contribution in [2.45, 2.75) is 32.2 Å². The molecule has 1 aromatic carbocycles. The normalized spacial score (nSPS) is 16.9. The summed E-state index contributed by atoms with van der Waals surface area (Å²) >= 11 is 6.10. The smallest absolute Gasteiger partial charge is 0.121 e. The summed E-state index contributed by atoms with van der Waals surface area (Å²) in [6.07, 6.45) is 5.43. The maximum absolute atomic E-state index is 9.79. The summed E-state index contributed by atoms with van der Waals surface area (Å²) < 4.78 is 0. The van der Waals surface area contributed by atoms with Crippen molar-refractivity contribution in [2.75, 3.05) is 13.6 Å². The van der Waals surface area contributed by atoms with Gasteiger partial charge < -0.3 is 10.0 Å². The van der Waals surface area contributed by atoms with Crippen LogP contribution >= 0.6 is 11.6 Å². The Kier molecular flexibility index (Phi) is 4.30. The number of phenols is 1. The van der Waals surface area contributed by atoms with Crippen LogP contribution in [0.4, 0.5) is 0 Å². The molecule has 1 aliphatic carbocycles. The van der Waals surface area contributed by atoms with Crippen molar-refractivity contribution in [3.8, 4) is 5.75 Å². The lowest BCUT2D eigenvalue weighted by molar-refractivity contribution is 0.268. The lowest BCUT2D eigenvalue weighted by atomic mass is 10.1. The molecule has 17 heavy (non-hydrogen) atoms. The van der Waals surface area contributed by atoms with Crippen molar-refractivity contribution >= 4 is 11.6 Å². The molecule has 0 unspecified atom stereocenters. The minimum absolute atomic E-state index is 0.302. The molecule has 1 N–H and O–H groups in total. The monoisotopic (exact) mass is 253 g/mol. The van der Waals surface area contributed by atoms with E-state index in [1.807, 2.05) is 6.07 Å².